The highest BCUT2D eigenvalue weighted by atomic mass is 16.5. The Bertz CT molecular complexity index is 852. The topological polar surface area (TPSA) is 90.0 Å². The highest BCUT2D eigenvalue weighted by Crippen LogP contribution is 2.28. The smallest absolute Gasteiger partial charge is 0.441 e. The van der Waals surface area contributed by atoms with Crippen molar-refractivity contribution in [1.29, 1.82) is 0 Å². The molecule has 0 aliphatic carbocycles. The van der Waals surface area contributed by atoms with Gasteiger partial charge >= 0.3 is 5.76 Å². The van der Waals surface area contributed by atoms with Crippen LogP contribution in [0.3, 0.4) is 0 Å². The second-order valence-electron chi connectivity index (χ2n) is 6.88. The number of nitrogens with zero attached hydrogens (tertiary/aromatic N) is 3. The minimum atomic E-state index is -0.663. The van der Waals surface area contributed by atoms with E-state index in [4.69, 9.17) is 14.0 Å². The fourth-order valence-corrected chi connectivity index (χ4v) is 3.40. The lowest BCUT2D eigenvalue weighted by Gasteiger charge is -2.28. The van der Waals surface area contributed by atoms with Crippen molar-refractivity contribution in [3.05, 3.63) is 40.1 Å². The first-order chi connectivity index (χ1) is 13.6. The quantitative estimate of drug-likeness (QED) is 0.737. The third kappa shape index (κ3) is 5.02. The number of ether oxygens (including phenoxy) is 2. The third-order valence-corrected chi connectivity index (χ3v) is 4.86. The molecule has 1 aliphatic heterocycles. The zero-order valence-corrected chi connectivity index (χ0v) is 16.3. The SMILES string of the molecule is COc1ccc(C=Cc2noc(=O)n2CC(O)CN2CCCCC2)cc1OC. The minimum Gasteiger partial charge on any atom is -0.493 e. The fourth-order valence-electron chi connectivity index (χ4n) is 3.40. The molecule has 1 N–H and O–H groups in total. The first-order valence-corrected chi connectivity index (χ1v) is 9.47. The van der Waals surface area contributed by atoms with Gasteiger partial charge in [0.05, 0.1) is 26.9 Å². The predicted octanol–water partition coefficient (Wildman–Crippen LogP) is 1.87. The number of hydrogen-bond donors (Lipinski definition) is 1. The fraction of sp³-hybridized carbons (Fsp3) is 0.500. The number of benzene rings is 1. The zero-order valence-electron chi connectivity index (χ0n) is 16.3. The Kier molecular flexibility index (Phi) is 6.89. The van der Waals surface area contributed by atoms with Gasteiger partial charge in [-0.05, 0) is 49.7 Å². The summed E-state index contributed by atoms with van der Waals surface area (Å²) in [6.07, 6.45) is 6.36. The zero-order chi connectivity index (χ0) is 19.9. The van der Waals surface area contributed by atoms with Gasteiger partial charge in [0.1, 0.15) is 0 Å². The van der Waals surface area contributed by atoms with E-state index in [0.717, 1.165) is 31.5 Å². The van der Waals surface area contributed by atoms with Gasteiger partial charge in [0, 0.05) is 6.54 Å². The van der Waals surface area contributed by atoms with Gasteiger partial charge in [-0.3, -0.25) is 9.09 Å². The number of aliphatic hydroxyl groups is 1. The van der Waals surface area contributed by atoms with E-state index >= 15 is 0 Å². The Hall–Kier alpha value is -2.58. The molecule has 3 rings (SSSR count). The van der Waals surface area contributed by atoms with Crippen molar-refractivity contribution in [3.63, 3.8) is 0 Å². The summed E-state index contributed by atoms with van der Waals surface area (Å²) in [6, 6.07) is 5.49. The van der Waals surface area contributed by atoms with E-state index in [-0.39, 0.29) is 6.54 Å². The van der Waals surface area contributed by atoms with Gasteiger partial charge in [-0.15, -0.1) is 0 Å². The molecular weight excluding hydrogens is 362 g/mol. The lowest BCUT2D eigenvalue weighted by atomic mass is 10.1. The molecule has 1 unspecified atom stereocenters. The molecule has 0 radical (unpaired) electrons. The lowest BCUT2D eigenvalue weighted by molar-refractivity contribution is 0.0866. The van der Waals surface area contributed by atoms with Crippen molar-refractivity contribution >= 4 is 12.2 Å². The number of hydrogen-bond acceptors (Lipinski definition) is 7. The number of rotatable bonds is 8. The summed E-state index contributed by atoms with van der Waals surface area (Å²) in [5.41, 5.74) is 0.855. The van der Waals surface area contributed by atoms with E-state index in [1.807, 2.05) is 12.1 Å². The van der Waals surface area contributed by atoms with Gasteiger partial charge in [-0.1, -0.05) is 23.7 Å². The van der Waals surface area contributed by atoms with Crippen LogP contribution in [0.5, 0.6) is 11.5 Å². The lowest BCUT2D eigenvalue weighted by Crippen LogP contribution is -2.39. The van der Waals surface area contributed by atoms with E-state index in [2.05, 4.69) is 10.1 Å². The standard InChI is InChI=1S/C20H27N3O5/c1-26-17-8-6-15(12-18(17)27-2)7-9-19-21-28-20(25)23(19)14-16(24)13-22-10-4-3-5-11-22/h6-9,12,16,24H,3-5,10-11,13-14H2,1-2H3. The molecule has 28 heavy (non-hydrogen) atoms. The Labute approximate surface area is 164 Å². The Morgan fingerprint density at radius 2 is 1.89 bits per heavy atom. The van der Waals surface area contributed by atoms with Crippen molar-refractivity contribution in [2.24, 2.45) is 0 Å². The van der Waals surface area contributed by atoms with Crippen molar-refractivity contribution in [2.75, 3.05) is 33.9 Å². The predicted molar refractivity (Wildman–Crippen MR) is 106 cm³/mol. The largest absolute Gasteiger partial charge is 0.493 e. The summed E-state index contributed by atoms with van der Waals surface area (Å²) in [4.78, 5) is 14.2. The van der Waals surface area contributed by atoms with E-state index in [0.29, 0.717) is 23.9 Å². The average Bonchev–Trinajstić information content (AvgIpc) is 3.06. The molecule has 0 saturated carbocycles. The number of aromatic nitrogens is 2. The van der Waals surface area contributed by atoms with Crippen LogP contribution in [-0.2, 0) is 6.54 Å². The summed E-state index contributed by atoms with van der Waals surface area (Å²) in [6.45, 7) is 2.66. The molecule has 1 aromatic heterocycles. The van der Waals surface area contributed by atoms with Crippen LogP contribution >= 0.6 is 0 Å². The maximum atomic E-state index is 12.0. The first-order valence-electron chi connectivity index (χ1n) is 9.47. The maximum Gasteiger partial charge on any atom is 0.441 e. The van der Waals surface area contributed by atoms with Crippen LogP contribution in [0.25, 0.3) is 12.2 Å². The van der Waals surface area contributed by atoms with E-state index in [1.54, 1.807) is 32.4 Å². The molecule has 8 nitrogen and oxygen atoms in total. The average molecular weight is 389 g/mol. The monoisotopic (exact) mass is 389 g/mol. The molecule has 1 saturated heterocycles. The van der Waals surface area contributed by atoms with Gasteiger partial charge in [-0.25, -0.2) is 4.79 Å². The van der Waals surface area contributed by atoms with Crippen LogP contribution in [0, 0.1) is 0 Å². The molecule has 152 valence electrons. The van der Waals surface area contributed by atoms with Crippen molar-refractivity contribution in [3.8, 4) is 11.5 Å². The Morgan fingerprint density at radius 1 is 1.14 bits per heavy atom. The number of likely N-dealkylation sites (tertiary alicyclic amines) is 1. The normalized spacial score (nSPS) is 16.4. The van der Waals surface area contributed by atoms with Gasteiger partial charge in [0.2, 0.25) is 0 Å². The molecule has 0 bridgehead atoms. The van der Waals surface area contributed by atoms with Gasteiger partial charge < -0.3 is 19.5 Å². The highest BCUT2D eigenvalue weighted by molar-refractivity contribution is 5.68. The molecule has 0 amide bonds. The second-order valence-corrected chi connectivity index (χ2v) is 6.88. The van der Waals surface area contributed by atoms with Crippen LogP contribution in [0.4, 0.5) is 0 Å². The van der Waals surface area contributed by atoms with Crippen LogP contribution in [0.1, 0.15) is 30.7 Å². The minimum absolute atomic E-state index is 0.143. The second kappa shape index (κ2) is 9.57. The summed E-state index contributed by atoms with van der Waals surface area (Å²) >= 11 is 0. The molecule has 2 aromatic rings. The molecule has 1 aromatic carbocycles. The van der Waals surface area contributed by atoms with E-state index < -0.39 is 11.9 Å². The van der Waals surface area contributed by atoms with E-state index in [9.17, 15) is 9.90 Å². The van der Waals surface area contributed by atoms with Crippen molar-refractivity contribution < 1.29 is 19.1 Å². The van der Waals surface area contributed by atoms with Crippen molar-refractivity contribution in [2.45, 2.75) is 31.9 Å². The van der Waals surface area contributed by atoms with Crippen LogP contribution < -0.4 is 15.2 Å². The molecule has 1 fully saturated rings. The van der Waals surface area contributed by atoms with Gasteiger partial charge in [0.15, 0.2) is 17.3 Å². The summed E-state index contributed by atoms with van der Waals surface area (Å²) in [7, 11) is 3.15. The Balaban J connectivity index is 1.70. The van der Waals surface area contributed by atoms with Crippen LogP contribution in [-0.4, -0.2) is 59.7 Å². The first kappa shape index (κ1) is 20.2. The number of methoxy groups -OCH3 is 2. The number of β-amino-alcohol motifs (C(OH)–C–C–N with tert-alkyl or cyclic N) is 1. The molecule has 1 aliphatic rings. The van der Waals surface area contributed by atoms with Crippen molar-refractivity contribution in [1.82, 2.24) is 14.6 Å². The third-order valence-electron chi connectivity index (χ3n) is 4.86. The van der Waals surface area contributed by atoms with Gasteiger partial charge in [0.25, 0.3) is 0 Å². The molecule has 0 spiro atoms. The molecule has 2 heterocycles. The van der Waals surface area contributed by atoms with E-state index in [1.165, 1.54) is 11.0 Å². The highest BCUT2D eigenvalue weighted by Gasteiger charge is 2.18. The summed E-state index contributed by atoms with van der Waals surface area (Å²) in [5.74, 6) is 1.03. The molecular formula is C20H27N3O5. The van der Waals surface area contributed by atoms with Gasteiger partial charge in [-0.2, -0.15) is 0 Å². The molecule has 8 heteroatoms. The summed E-state index contributed by atoms with van der Waals surface area (Å²) < 4.78 is 16.7. The number of aliphatic hydroxyl groups excluding tert-OH is 1. The number of piperidine rings is 1. The van der Waals surface area contributed by atoms with Crippen LogP contribution in [0.15, 0.2) is 27.5 Å². The van der Waals surface area contributed by atoms with Crippen LogP contribution in [0.2, 0.25) is 0 Å². The Morgan fingerprint density at radius 3 is 2.61 bits per heavy atom. The summed E-state index contributed by atoms with van der Waals surface area (Å²) in [5, 5.41) is 14.2. The maximum absolute atomic E-state index is 12.0. The molecule has 1 atom stereocenters.